The van der Waals surface area contributed by atoms with Crippen LogP contribution < -0.4 is 15.4 Å². The predicted octanol–water partition coefficient (Wildman–Crippen LogP) is 4.68. The van der Waals surface area contributed by atoms with Crippen LogP contribution in [0.1, 0.15) is 39.8 Å². The number of rotatable bonds is 6. The SMILES string of the molecule is CNCc1ccccc1-c1ccc(C2CC(=O)c3c(ncn3-c3ccc(OC)cc3)CN2)cc1. The fraction of sp³-hybridized carbons (Fsp3) is 0.214. The molecule has 0 aliphatic carbocycles. The van der Waals surface area contributed by atoms with Crippen molar-refractivity contribution < 1.29 is 9.53 Å². The molecule has 0 saturated heterocycles. The standard InChI is InChI=1S/C28H28N4O2/c1-29-16-21-5-3-4-6-24(21)19-7-9-20(10-8-19)25-15-27(33)28-26(17-30-25)31-18-32(28)22-11-13-23(34-2)14-12-22/h3-14,18,25,29-30H,15-17H2,1-2H3. The van der Waals surface area contributed by atoms with Crippen LogP contribution in [-0.2, 0) is 13.1 Å². The van der Waals surface area contributed by atoms with E-state index in [4.69, 9.17) is 4.74 Å². The van der Waals surface area contributed by atoms with Crippen LogP contribution in [0.5, 0.6) is 5.75 Å². The minimum absolute atomic E-state index is 0.0624. The Morgan fingerprint density at radius 3 is 2.56 bits per heavy atom. The van der Waals surface area contributed by atoms with Crippen LogP contribution in [0.4, 0.5) is 0 Å². The van der Waals surface area contributed by atoms with Gasteiger partial charge in [0.25, 0.3) is 0 Å². The number of hydrogen-bond donors (Lipinski definition) is 2. The largest absolute Gasteiger partial charge is 0.497 e. The highest BCUT2D eigenvalue weighted by Gasteiger charge is 2.27. The summed E-state index contributed by atoms with van der Waals surface area (Å²) in [6, 6.07) is 24.5. The Morgan fingerprint density at radius 2 is 1.82 bits per heavy atom. The number of hydrogen-bond acceptors (Lipinski definition) is 5. The van der Waals surface area contributed by atoms with E-state index in [1.54, 1.807) is 13.4 Å². The number of aromatic nitrogens is 2. The molecular formula is C28H28N4O2. The molecule has 6 nitrogen and oxygen atoms in total. The minimum Gasteiger partial charge on any atom is -0.497 e. The number of carbonyl (C=O) groups is 1. The van der Waals surface area contributed by atoms with Gasteiger partial charge in [-0.05, 0) is 53.6 Å². The van der Waals surface area contributed by atoms with Crippen LogP contribution >= 0.6 is 0 Å². The van der Waals surface area contributed by atoms with Gasteiger partial charge in [0, 0.05) is 31.2 Å². The summed E-state index contributed by atoms with van der Waals surface area (Å²) in [6.45, 7) is 1.36. The third-order valence-electron chi connectivity index (χ3n) is 6.37. The molecule has 3 aromatic carbocycles. The van der Waals surface area contributed by atoms with E-state index in [1.165, 1.54) is 16.7 Å². The molecule has 5 rings (SSSR count). The molecule has 1 unspecified atom stereocenters. The van der Waals surface area contributed by atoms with Crippen molar-refractivity contribution in [2.24, 2.45) is 0 Å². The van der Waals surface area contributed by atoms with Crippen LogP contribution in [0.2, 0.25) is 0 Å². The van der Waals surface area contributed by atoms with Gasteiger partial charge in [-0.2, -0.15) is 0 Å². The first kappa shape index (κ1) is 22.1. The number of ether oxygens (including phenoxy) is 1. The topological polar surface area (TPSA) is 68.2 Å². The van der Waals surface area contributed by atoms with Gasteiger partial charge in [-0.25, -0.2) is 4.98 Å². The zero-order valence-electron chi connectivity index (χ0n) is 19.4. The first-order valence-corrected chi connectivity index (χ1v) is 11.5. The number of imidazole rings is 1. The third-order valence-corrected chi connectivity index (χ3v) is 6.37. The van der Waals surface area contributed by atoms with Gasteiger partial charge >= 0.3 is 0 Å². The molecule has 0 bridgehead atoms. The van der Waals surface area contributed by atoms with E-state index in [2.05, 4.69) is 64.1 Å². The van der Waals surface area contributed by atoms with Gasteiger partial charge < -0.3 is 15.4 Å². The Morgan fingerprint density at radius 1 is 1.06 bits per heavy atom. The average molecular weight is 453 g/mol. The van der Waals surface area contributed by atoms with E-state index in [9.17, 15) is 4.79 Å². The Kier molecular flexibility index (Phi) is 6.25. The molecular weight excluding hydrogens is 424 g/mol. The summed E-state index contributed by atoms with van der Waals surface area (Å²) < 4.78 is 7.13. The maximum Gasteiger partial charge on any atom is 0.183 e. The summed E-state index contributed by atoms with van der Waals surface area (Å²) in [6.07, 6.45) is 2.11. The maximum atomic E-state index is 13.3. The lowest BCUT2D eigenvalue weighted by molar-refractivity contribution is 0.0966. The average Bonchev–Trinajstić information content (AvgIpc) is 3.24. The van der Waals surface area contributed by atoms with Crippen molar-refractivity contribution in [3.05, 3.63) is 102 Å². The van der Waals surface area contributed by atoms with Crippen LogP contribution in [-0.4, -0.2) is 29.5 Å². The lowest BCUT2D eigenvalue weighted by Crippen LogP contribution is -2.20. The molecule has 34 heavy (non-hydrogen) atoms. The zero-order chi connectivity index (χ0) is 23.5. The highest BCUT2D eigenvalue weighted by atomic mass is 16.5. The van der Waals surface area contributed by atoms with Crippen molar-refractivity contribution in [1.29, 1.82) is 0 Å². The summed E-state index contributed by atoms with van der Waals surface area (Å²) in [5.41, 5.74) is 7.08. The van der Waals surface area contributed by atoms with Crippen molar-refractivity contribution in [3.63, 3.8) is 0 Å². The second-order valence-electron chi connectivity index (χ2n) is 8.48. The quantitative estimate of drug-likeness (QED) is 0.444. The van der Waals surface area contributed by atoms with Crippen molar-refractivity contribution >= 4 is 5.78 Å². The molecule has 1 aromatic heterocycles. The van der Waals surface area contributed by atoms with Gasteiger partial charge in [-0.1, -0.05) is 48.5 Å². The van der Waals surface area contributed by atoms with Crippen molar-refractivity contribution in [3.8, 4) is 22.6 Å². The van der Waals surface area contributed by atoms with E-state index in [1.807, 2.05) is 35.9 Å². The van der Waals surface area contributed by atoms with Gasteiger partial charge in [0.05, 0.1) is 12.8 Å². The Labute approximate surface area is 199 Å². The van der Waals surface area contributed by atoms with Gasteiger partial charge in [0.2, 0.25) is 0 Å². The summed E-state index contributed by atoms with van der Waals surface area (Å²) >= 11 is 0. The molecule has 172 valence electrons. The van der Waals surface area contributed by atoms with Crippen LogP contribution in [0.3, 0.4) is 0 Å². The van der Waals surface area contributed by atoms with Crippen LogP contribution in [0.15, 0.2) is 79.1 Å². The number of nitrogens with zero attached hydrogens (tertiary/aromatic N) is 2. The number of carbonyl (C=O) groups excluding carboxylic acids is 1. The van der Waals surface area contributed by atoms with Crippen molar-refractivity contribution in [1.82, 2.24) is 20.2 Å². The number of benzene rings is 3. The number of methoxy groups -OCH3 is 1. The molecule has 0 spiro atoms. The molecule has 0 saturated carbocycles. The van der Waals surface area contributed by atoms with Gasteiger partial charge in [0.15, 0.2) is 5.78 Å². The second-order valence-corrected chi connectivity index (χ2v) is 8.48. The van der Waals surface area contributed by atoms with Crippen molar-refractivity contribution in [2.45, 2.75) is 25.6 Å². The number of nitrogens with one attached hydrogen (secondary N) is 2. The maximum absolute atomic E-state index is 13.3. The molecule has 0 fully saturated rings. The number of fused-ring (bicyclic) bond motifs is 1. The molecule has 0 radical (unpaired) electrons. The van der Waals surface area contributed by atoms with Crippen molar-refractivity contribution in [2.75, 3.05) is 14.2 Å². The highest BCUT2D eigenvalue weighted by molar-refractivity contribution is 5.97. The van der Waals surface area contributed by atoms with Crippen LogP contribution in [0.25, 0.3) is 16.8 Å². The van der Waals surface area contributed by atoms with Gasteiger partial charge in [-0.15, -0.1) is 0 Å². The van der Waals surface area contributed by atoms with E-state index in [-0.39, 0.29) is 11.8 Å². The highest BCUT2D eigenvalue weighted by Crippen LogP contribution is 2.30. The molecule has 1 atom stereocenters. The van der Waals surface area contributed by atoms with E-state index in [0.717, 1.165) is 29.2 Å². The minimum atomic E-state index is -0.0624. The monoisotopic (exact) mass is 452 g/mol. The Balaban J connectivity index is 1.38. The van der Waals surface area contributed by atoms with E-state index in [0.29, 0.717) is 18.7 Å². The molecule has 1 aliphatic heterocycles. The zero-order valence-corrected chi connectivity index (χ0v) is 19.4. The van der Waals surface area contributed by atoms with E-state index < -0.39 is 0 Å². The summed E-state index contributed by atoms with van der Waals surface area (Å²) in [5, 5.41) is 6.77. The molecule has 1 aliphatic rings. The third kappa shape index (κ3) is 4.25. The lowest BCUT2D eigenvalue weighted by atomic mass is 9.95. The predicted molar refractivity (Wildman–Crippen MR) is 133 cm³/mol. The van der Waals surface area contributed by atoms with E-state index >= 15 is 0 Å². The molecule has 6 heteroatoms. The second kappa shape index (κ2) is 9.63. The van der Waals surface area contributed by atoms with Gasteiger partial charge in [-0.3, -0.25) is 9.36 Å². The fourth-order valence-corrected chi connectivity index (χ4v) is 4.60. The molecule has 4 aromatic rings. The first-order chi connectivity index (χ1) is 16.7. The normalized spacial score (nSPS) is 15.6. The first-order valence-electron chi connectivity index (χ1n) is 11.5. The fourth-order valence-electron chi connectivity index (χ4n) is 4.60. The number of ketones is 1. The summed E-state index contributed by atoms with van der Waals surface area (Å²) in [5.74, 6) is 0.863. The number of Topliss-reactive ketones (excluding diaryl/α,β-unsaturated/α-hetero) is 1. The summed E-state index contributed by atoms with van der Waals surface area (Å²) in [7, 11) is 3.60. The molecule has 2 N–H and O–H groups in total. The van der Waals surface area contributed by atoms with Crippen LogP contribution in [0, 0.1) is 0 Å². The smallest absolute Gasteiger partial charge is 0.183 e. The Hall–Kier alpha value is -3.74. The Bertz CT molecular complexity index is 1290. The lowest BCUT2D eigenvalue weighted by Gasteiger charge is -2.17. The summed E-state index contributed by atoms with van der Waals surface area (Å²) in [4.78, 5) is 17.9. The van der Waals surface area contributed by atoms with Gasteiger partial charge in [0.1, 0.15) is 17.8 Å². The molecule has 0 amide bonds. The molecule has 2 heterocycles.